The average Bonchev–Trinajstić information content (AvgIpc) is 2.96. The highest BCUT2D eigenvalue weighted by molar-refractivity contribution is 5.46. The van der Waals surface area contributed by atoms with Crippen LogP contribution in [0.15, 0.2) is 18.2 Å². The smallest absolute Gasteiger partial charge is 0.170 e. The summed E-state index contributed by atoms with van der Waals surface area (Å²) < 4.78 is 1.85. The molecule has 0 atom stereocenters. The Hall–Kier alpha value is -2.26. The van der Waals surface area contributed by atoms with Gasteiger partial charge in [-0.25, -0.2) is 0 Å². The second kappa shape index (κ2) is 6.24. The molecule has 1 fully saturated rings. The summed E-state index contributed by atoms with van der Waals surface area (Å²) in [6, 6.07) is 8.56. The van der Waals surface area contributed by atoms with Crippen molar-refractivity contribution < 1.29 is 0 Å². The van der Waals surface area contributed by atoms with Crippen LogP contribution in [-0.4, -0.2) is 38.2 Å². The highest BCUT2D eigenvalue weighted by Gasteiger charge is 2.21. The van der Waals surface area contributed by atoms with Gasteiger partial charge in [-0.3, -0.25) is 4.90 Å². The molecule has 6 heteroatoms. The van der Waals surface area contributed by atoms with Crippen LogP contribution in [0, 0.1) is 31.1 Å². The Morgan fingerprint density at radius 2 is 1.91 bits per heavy atom. The number of hydrogen-bond acceptors (Lipinski definition) is 5. The molecule has 22 heavy (non-hydrogen) atoms. The molecule has 6 nitrogen and oxygen atoms in total. The Kier molecular flexibility index (Phi) is 4.16. The van der Waals surface area contributed by atoms with Gasteiger partial charge in [0.05, 0.1) is 18.3 Å². The first-order valence-electron chi connectivity index (χ1n) is 7.65. The van der Waals surface area contributed by atoms with Gasteiger partial charge in [-0.05, 0) is 61.3 Å². The van der Waals surface area contributed by atoms with Gasteiger partial charge in [0.15, 0.2) is 5.82 Å². The summed E-state index contributed by atoms with van der Waals surface area (Å²) in [7, 11) is 0. The molecule has 1 aliphatic rings. The normalized spacial score (nSPS) is 16.6. The lowest BCUT2D eigenvalue weighted by Crippen LogP contribution is -2.33. The van der Waals surface area contributed by atoms with Crippen molar-refractivity contribution in [2.75, 3.05) is 13.1 Å². The quantitative estimate of drug-likeness (QED) is 0.866. The van der Waals surface area contributed by atoms with Gasteiger partial charge in [0, 0.05) is 5.92 Å². The minimum absolute atomic E-state index is 0.200. The molecule has 0 amide bonds. The molecule has 0 saturated carbocycles. The number of aromatic nitrogens is 4. The first kappa shape index (κ1) is 14.7. The Balaban J connectivity index is 1.80. The maximum absolute atomic E-state index is 8.98. The first-order chi connectivity index (χ1) is 10.7. The lowest BCUT2D eigenvalue weighted by Gasteiger charge is -2.28. The van der Waals surface area contributed by atoms with E-state index in [1.54, 1.807) is 0 Å². The number of rotatable bonds is 3. The lowest BCUT2D eigenvalue weighted by molar-refractivity contribution is 0.192. The molecule has 2 heterocycles. The summed E-state index contributed by atoms with van der Waals surface area (Å²) in [6.45, 7) is 6.73. The van der Waals surface area contributed by atoms with Crippen molar-refractivity contribution in [1.82, 2.24) is 25.1 Å². The van der Waals surface area contributed by atoms with Gasteiger partial charge in [0.25, 0.3) is 0 Å². The summed E-state index contributed by atoms with van der Waals surface area (Å²) in [5, 5.41) is 21.2. The van der Waals surface area contributed by atoms with Gasteiger partial charge < -0.3 is 0 Å². The van der Waals surface area contributed by atoms with E-state index in [4.69, 9.17) is 5.26 Å². The summed E-state index contributed by atoms with van der Waals surface area (Å²) in [4.78, 5) is 2.32. The van der Waals surface area contributed by atoms with Crippen LogP contribution in [0.25, 0.3) is 5.69 Å². The van der Waals surface area contributed by atoms with Gasteiger partial charge in [0.2, 0.25) is 0 Å². The molecule has 0 N–H and O–H groups in total. The number of hydrogen-bond donors (Lipinski definition) is 0. The molecule has 1 aliphatic heterocycles. The average molecular weight is 296 g/mol. The van der Waals surface area contributed by atoms with E-state index < -0.39 is 0 Å². The molecular weight excluding hydrogens is 276 g/mol. The molecule has 1 aromatic heterocycles. The third-order valence-electron chi connectivity index (χ3n) is 4.32. The predicted octanol–water partition coefficient (Wildman–Crippen LogP) is 2.01. The number of nitrogens with zero attached hydrogens (tertiary/aromatic N) is 6. The van der Waals surface area contributed by atoms with Crippen LogP contribution in [0.5, 0.6) is 0 Å². The standard InChI is InChI=1S/C16H20N6/c1-12-4-3-5-13(2)16(12)22-15(18-19-20-22)11-21-8-6-14(10-17)7-9-21/h3-5,14H,6-9,11H2,1-2H3. The number of piperidine rings is 1. The van der Waals surface area contributed by atoms with Crippen molar-refractivity contribution in [3.8, 4) is 11.8 Å². The molecule has 1 aromatic carbocycles. The number of benzene rings is 1. The van der Waals surface area contributed by atoms with E-state index in [1.807, 2.05) is 10.7 Å². The largest absolute Gasteiger partial charge is 0.296 e. The molecule has 0 unspecified atom stereocenters. The van der Waals surface area contributed by atoms with Crippen molar-refractivity contribution in [2.45, 2.75) is 33.2 Å². The number of tetrazole rings is 1. The fraction of sp³-hybridized carbons (Fsp3) is 0.500. The number of nitriles is 1. The van der Waals surface area contributed by atoms with Crippen molar-refractivity contribution in [3.05, 3.63) is 35.2 Å². The topological polar surface area (TPSA) is 70.6 Å². The molecule has 0 aliphatic carbocycles. The maximum Gasteiger partial charge on any atom is 0.170 e. The van der Waals surface area contributed by atoms with Crippen molar-refractivity contribution >= 4 is 0 Å². The molecule has 0 radical (unpaired) electrons. The Morgan fingerprint density at radius 3 is 2.55 bits per heavy atom. The summed E-state index contributed by atoms with van der Waals surface area (Å²) in [5.74, 6) is 1.05. The van der Waals surface area contributed by atoms with Crippen molar-refractivity contribution in [2.24, 2.45) is 5.92 Å². The van der Waals surface area contributed by atoms with Crippen molar-refractivity contribution in [3.63, 3.8) is 0 Å². The highest BCUT2D eigenvalue weighted by Crippen LogP contribution is 2.21. The van der Waals surface area contributed by atoms with Gasteiger partial charge in [0.1, 0.15) is 0 Å². The van der Waals surface area contributed by atoms with E-state index >= 15 is 0 Å². The van der Waals surface area contributed by atoms with Gasteiger partial charge in [-0.15, -0.1) is 5.10 Å². The first-order valence-corrected chi connectivity index (χ1v) is 7.65. The van der Waals surface area contributed by atoms with E-state index in [1.165, 1.54) is 0 Å². The maximum atomic E-state index is 8.98. The van der Waals surface area contributed by atoms with Crippen molar-refractivity contribution in [1.29, 1.82) is 5.26 Å². The van der Waals surface area contributed by atoms with E-state index in [0.29, 0.717) is 0 Å². The van der Waals surface area contributed by atoms with E-state index in [-0.39, 0.29) is 5.92 Å². The zero-order valence-corrected chi connectivity index (χ0v) is 13.0. The fourth-order valence-corrected chi connectivity index (χ4v) is 3.04. The van der Waals surface area contributed by atoms with E-state index in [0.717, 1.165) is 55.1 Å². The molecule has 3 rings (SSSR count). The fourth-order valence-electron chi connectivity index (χ4n) is 3.04. The monoisotopic (exact) mass is 296 g/mol. The predicted molar refractivity (Wildman–Crippen MR) is 82.2 cm³/mol. The third kappa shape index (κ3) is 2.85. The molecule has 1 saturated heterocycles. The summed E-state index contributed by atoms with van der Waals surface area (Å²) in [6.07, 6.45) is 1.86. The minimum Gasteiger partial charge on any atom is -0.296 e. The van der Waals surface area contributed by atoms with Crippen LogP contribution in [0.1, 0.15) is 29.8 Å². The number of para-hydroxylation sites is 1. The SMILES string of the molecule is Cc1cccc(C)c1-n1nnnc1CN1CCC(C#N)CC1. The third-order valence-corrected chi connectivity index (χ3v) is 4.32. The van der Waals surface area contributed by atoms with Crippen LogP contribution < -0.4 is 0 Å². The Bertz CT molecular complexity index is 671. The zero-order chi connectivity index (χ0) is 15.5. The number of aryl methyl sites for hydroxylation is 2. The van der Waals surface area contributed by atoms with Gasteiger partial charge >= 0.3 is 0 Å². The zero-order valence-electron chi connectivity index (χ0n) is 13.0. The van der Waals surface area contributed by atoms with Crippen LogP contribution >= 0.6 is 0 Å². The highest BCUT2D eigenvalue weighted by atomic mass is 15.5. The molecule has 2 aromatic rings. The van der Waals surface area contributed by atoms with Crippen LogP contribution in [0.2, 0.25) is 0 Å². The minimum atomic E-state index is 0.200. The summed E-state index contributed by atoms with van der Waals surface area (Å²) in [5.41, 5.74) is 3.39. The molecule has 0 spiro atoms. The second-order valence-corrected chi connectivity index (χ2v) is 5.93. The molecule has 0 bridgehead atoms. The Morgan fingerprint density at radius 1 is 1.23 bits per heavy atom. The summed E-state index contributed by atoms with van der Waals surface area (Å²) >= 11 is 0. The van der Waals surface area contributed by atoms with E-state index in [9.17, 15) is 0 Å². The van der Waals surface area contributed by atoms with Gasteiger partial charge in [-0.2, -0.15) is 9.94 Å². The number of likely N-dealkylation sites (tertiary alicyclic amines) is 1. The molecule has 114 valence electrons. The molecular formula is C16H20N6. The van der Waals surface area contributed by atoms with Gasteiger partial charge in [-0.1, -0.05) is 18.2 Å². The van der Waals surface area contributed by atoms with E-state index in [2.05, 4.69) is 52.5 Å². The van der Waals surface area contributed by atoms with Crippen LogP contribution in [-0.2, 0) is 6.54 Å². The van der Waals surface area contributed by atoms with Crippen LogP contribution in [0.4, 0.5) is 0 Å². The van der Waals surface area contributed by atoms with Crippen LogP contribution in [0.3, 0.4) is 0 Å². The second-order valence-electron chi connectivity index (χ2n) is 5.93. The Labute approximate surface area is 130 Å². The lowest BCUT2D eigenvalue weighted by atomic mass is 9.99.